The lowest BCUT2D eigenvalue weighted by atomic mass is 10.2. The Morgan fingerprint density at radius 1 is 1.56 bits per heavy atom. The summed E-state index contributed by atoms with van der Waals surface area (Å²) in [5.74, 6) is -0.690. The highest BCUT2D eigenvalue weighted by molar-refractivity contribution is 7.53. The van der Waals surface area contributed by atoms with E-state index in [1.165, 1.54) is 6.92 Å². The van der Waals surface area contributed by atoms with Gasteiger partial charge in [0.2, 0.25) is 0 Å². The molecule has 0 fully saturated rings. The molecule has 0 saturated carbocycles. The van der Waals surface area contributed by atoms with Gasteiger partial charge < -0.3 is 25.4 Å². The number of esters is 1. The quantitative estimate of drug-likeness (QED) is 0.280. The average molecular weight is 253 g/mol. The van der Waals surface area contributed by atoms with E-state index in [1.807, 2.05) is 0 Å². The SMILES string of the molecule is C=C(C)C(=O)OCCC(O)(CN)P(=O)(O)O. The van der Waals surface area contributed by atoms with Crippen LogP contribution in [-0.2, 0) is 14.1 Å². The Hall–Kier alpha value is -0.720. The van der Waals surface area contributed by atoms with Crippen LogP contribution in [0.4, 0.5) is 0 Å². The zero-order valence-electron chi connectivity index (χ0n) is 8.92. The van der Waals surface area contributed by atoms with Crippen LogP contribution < -0.4 is 5.73 Å². The maximum Gasteiger partial charge on any atom is 0.358 e. The predicted molar refractivity (Wildman–Crippen MR) is 56.4 cm³/mol. The summed E-state index contributed by atoms with van der Waals surface area (Å²) in [6.45, 7) is 3.79. The largest absolute Gasteiger partial charge is 0.462 e. The van der Waals surface area contributed by atoms with E-state index in [9.17, 15) is 14.5 Å². The van der Waals surface area contributed by atoms with Gasteiger partial charge in [-0.05, 0) is 6.92 Å². The molecule has 0 aliphatic heterocycles. The van der Waals surface area contributed by atoms with Gasteiger partial charge >= 0.3 is 13.6 Å². The van der Waals surface area contributed by atoms with Gasteiger partial charge in [-0.2, -0.15) is 0 Å². The second kappa shape index (κ2) is 5.56. The second-order valence-electron chi connectivity index (χ2n) is 3.40. The molecule has 0 radical (unpaired) electrons. The molecule has 0 heterocycles. The van der Waals surface area contributed by atoms with Crippen LogP contribution in [0.3, 0.4) is 0 Å². The van der Waals surface area contributed by atoms with E-state index in [0.717, 1.165) is 0 Å². The van der Waals surface area contributed by atoms with E-state index in [-0.39, 0.29) is 12.2 Å². The molecule has 94 valence electrons. The zero-order valence-corrected chi connectivity index (χ0v) is 9.81. The third-order valence-electron chi connectivity index (χ3n) is 1.95. The molecule has 0 aliphatic carbocycles. The van der Waals surface area contributed by atoms with Crippen molar-refractivity contribution in [3.8, 4) is 0 Å². The Balaban J connectivity index is 4.33. The summed E-state index contributed by atoms with van der Waals surface area (Å²) in [7, 11) is -4.75. The maximum absolute atomic E-state index is 10.9. The lowest BCUT2D eigenvalue weighted by molar-refractivity contribution is -0.139. The van der Waals surface area contributed by atoms with Crippen LogP contribution in [0, 0.1) is 0 Å². The molecule has 1 atom stereocenters. The molecular weight excluding hydrogens is 237 g/mol. The Morgan fingerprint density at radius 3 is 2.38 bits per heavy atom. The van der Waals surface area contributed by atoms with E-state index in [0.29, 0.717) is 0 Å². The fourth-order valence-corrected chi connectivity index (χ4v) is 1.42. The maximum atomic E-state index is 10.9. The van der Waals surface area contributed by atoms with E-state index in [2.05, 4.69) is 11.3 Å². The van der Waals surface area contributed by atoms with Crippen molar-refractivity contribution >= 4 is 13.6 Å². The van der Waals surface area contributed by atoms with Gasteiger partial charge in [0.25, 0.3) is 0 Å². The van der Waals surface area contributed by atoms with Crippen molar-refractivity contribution in [2.75, 3.05) is 13.2 Å². The lowest BCUT2D eigenvalue weighted by Gasteiger charge is -2.26. The van der Waals surface area contributed by atoms with Crippen molar-refractivity contribution in [3.63, 3.8) is 0 Å². The van der Waals surface area contributed by atoms with E-state index in [4.69, 9.17) is 15.5 Å². The van der Waals surface area contributed by atoms with Crippen LogP contribution in [0.1, 0.15) is 13.3 Å². The fraction of sp³-hybridized carbons (Fsp3) is 0.625. The third kappa shape index (κ3) is 4.03. The van der Waals surface area contributed by atoms with Crippen LogP contribution >= 0.6 is 7.60 Å². The van der Waals surface area contributed by atoms with Gasteiger partial charge in [-0.15, -0.1) is 0 Å². The van der Waals surface area contributed by atoms with Crippen molar-refractivity contribution in [1.82, 2.24) is 0 Å². The zero-order chi connectivity index (χ0) is 13.0. The first-order chi connectivity index (χ1) is 7.14. The number of carbonyl (C=O) groups excluding carboxylic acids is 1. The minimum atomic E-state index is -4.75. The molecule has 0 rings (SSSR count). The standard InChI is InChI=1S/C8H16NO6P/c1-6(2)7(10)15-4-3-8(11,5-9)16(12,13)14/h11H,1,3-5,9H2,2H3,(H2,12,13,14). The second-order valence-corrected chi connectivity index (χ2v) is 5.32. The highest BCUT2D eigenvalue weighted by atomic mass is 31.2. The van der Waals surface area contributed by atoms with Gasteiger partial charge in [0, 0.05) is 18.5 Å². The number of nitrogens with two attached hydrogens (primary N) is 1. The van der Waals surface area contributed by atoms with E-state index < -0.39 is 31.9 Å². The molecular formula is C8H16NO6P. The van der Waals surface area contributed by atoms with Crippen LogP contribution in [0.25, 0.3) is 0 Å². The molecule has 0 aliphatic rings. The minimum Gasteiger partial charge on any atom is -0.462 e. The molecule has 0 amide bonds. The number of rotatable bonds is 6. The summed E-state index contributed by atoms with van der Waals surface area (Å²) in [4.78, 5) is 28.6. The third-order valence-corrected chi connectivity index (χ3v) is 3.44. The summed E-state index contributed by atoms with van der Waals surface area (Å²) in [6.07, 6.45) is -0.438. The van der Waals surface area contributed by atoms with Crippen molar-refractivity contribution in [1.29, 1.82) is 0 Å². The summed E-state index contributed by atoms with van der Waals surface area (Å²) >= 11 is 0. The molecule has 16 heavy (non-hydrogen) atoms. The Labute approximate surface area is 93.1 Å². The van der Waals surface area contributed by atoms with Gasteiger partial charge in [0.05, 0.1) is 6.61 Å². The first-order valence-electron chi connectivity index (χ1n) is 4.45. The Bertz CT molecular complexity index is 324. The van der Waals surface area contributed by atoms with Gasteiger partial charge in [-0.25, -0.2) is 4.79 Å². The first kappa shape index (κ1) is 15.3. The summed E-state index contributed by atoms with van der Waals surface area (Å²) in [6, 6.07) is 0. The first-order valence-corrected chi connectivity index (χ1v) is 6.06. The molecule has 1 unspecified atom stereocenters. The predicted octanol–water partition coefficient (Wildman–Crippen LogP) is -0.679. The molecule has 0 aromatic heterocycles. The minimum absolute atomic E-state index is 0.160. The molecule has 0 aromatic rings. The van der Waals surface area contributed by atoms with Crippen molar-refractivity contribution in [3.05, 3.63) is 12.2 Å². The van der Waals surface area contributed by atoms with Gasteiger partial charge in [-0.1, -0.05) is 6.58 Å². The number of hydrogen-bond donors (Lipinski definition) is 4. The van der Waals surface area contributed by atoms with Crippen LogP contribution in [0.5, 0.6) is 0 Å². The van der Waals surface area contributed by atoms with Gasteiger partial charge in [0.15, 0.2) is 5.34 Å². The fourth-order valence-electron chi connectivity index (χ4n) is 0.797. The number of ether oxygens (including phenoxy) is 1. The van der Waals surface area contributed by atoms with Crippen LogP contribution in [0.15, 0.2) is 12.2 Å². The monoisotopic (exact) mass is 253 g/mol. The summed E-state index contributed by atoms with van der Waals surface area (Å²) in [5.41, 5.74) is 5.23. The smallest absolute Gasteiger partial charge is 0.358 e. The van der Waals surface area contributed by atoms with Gasteiger partial charge in [0.1, 0.15) is 0 Å². The summed E-state index contributed by atoms with van der Waals surface area (Å²) in [5, 5.41) is 7.15. The molecule has 5 N–H and O–H groups in total. The normalized spacial score (nSPS) is 15.3. The number of hydrogen-bond acceptors (Lipinski definition) is 5. The van der Waals surface area contributed by atoms with Crippen molar-refractivity contribution in [2.24, 2.45) is 5.73 Å². The molecule has 7 nitrogen and oxygen atoms in total. The molecule has 0 saturated heterocycles. The lowest BCUT2D eigenvalue weighted by Crippen LogP contribution is -2.38. The highest BCUT2D eigenvalue weighted by Crippen LogP contribution is 2.49. The topological polar surface area (TPSA) is 130 Å². The molecule has 8 heteroatoms. The van der Waals surface area contributed by atoms with Gasteiger partial charge in [-0.3, -0.25) is 4.57 Å². The van der Waals surface area contributed by atoms with Crippen LogP contribution in [0.2, 0.25) is 0 Å². The van der Waals surface area contributed by atoms with E-state index in [1.54, 1.807) is 0 Å². The Kier molecular flexibility index (Phi) is 5.31. The molecule has 0 spiro atoms. The summed E-state index contributed by atoms with van der Waals surface area (Å²) < 4.78 is 15.5. The molecule has 0 bridgehead atoms. The number of carbonyl (C=O) groups is 1. The Morgan fingerprint density at radius 2 is 2.06 bits per heavy atom. The van der Waals surface area contributed by atoms with Crippen LogP contribution in [-0.4, -0.2) is 39.4 Å². The van der Waals surface area contributed by atoms with Crippen molar-refractivity contribution in [2.45, 2.75) is 18.7 Å². The number of aliphatic hydroxyl groups is 1. The van der Waals surface area contributed by atoms with Crippen molar-refractivity contribution < 1.29 is 29.0 Å². The molecule has 0 aromatic carbocycles. The van der Waals surface area contributed by atoms with E-state index >= 15 is 0 Å². The average Bonchev–Trinajstić information content (AvgIpc) is 2.15. The highest BCUT2D eigenvalue weighted by Gasteiger charge is 2.43.